The van der Waals surface area contributed by atoms with E-state index in [1.807, 2.05) is 17.9 Å². The highest BCUT2D eigenvalue weighted by atomic mass is 16.5. The van der Waals surface area contributed by atoms with Crippen LogP contribution in [0.25, 0.3) is 0 Å². The van der Waals surface area contributed by atoms with Gasteiger partial charge in [-0.3, -0.25) is 4.79 Å². The SMILES string of the molecule is COC(=O)C1(C)CCN(c2nccnc2C#N)C1. The standard InChI is InChI=1S/C12H14N4O2/c1-12(11(17)18-2)3-6-16(8-12)10-9(7-13)14-4-5-15-10/h4-5H,3,6,8H2,1-2H3. The van der Waals surface area contributed by atoms with Gasteiger partial charge in [0.2, 0.25) is 0 Å². The molecule has 0 radical (unpaired) electrons. The van der Waals surface area contributed by atoms with Gasteiger partial charge in [0.15, 0.2) is 11.5 Å². The lowest BCUT2D eigenvalue weighted by molar-refractivity contribution is -0.150. The maximum absolute atomic E-state index is 11.7. The van der Waals surface area contributed by atoms with Crippen molar-refractivity contribution in [1.29, 1.82) is 5.26 Å². The summed E-state index contributed by atoms with van der Waals surface area (Å²) in [6, 6.07) is 2.01. The number of nitriles is 1. The van der Waals surface area contributed by atoms with Crippen molar-refractivity contribution in [2.45, 2.75) is 13.3 Å². The van der Waals surface area contributed by atoms with E-state index >= 15 is 0 Å². The molecule has 1 aliphatic heterocycles. The third kappa shape index (κ3) is 1.99. The highest BCUT2D eigenvalue weighted by Crippen LogP contribution is 2.34. The van der Waals surface area contributed by atoms with Gasteiger partial charge in [-0.05, 0) is 13.3 Å². The molecule has 6 nitrogen and oxygen atoms in total. The van der Waals surface area contributed by atoms with Gasteiger partial charge >= 0.3 is 5.97 Å². The van der Waals surface area contributed by atoms with Gasteiger partial charge in [0.25, 0.3) is 0 Å². The summed E-state index contributed by atoms with van der Waals surface area (Å²) in [5.74, 6) is 0.306. The third-order valence-electron chi connectivity index (χ3n) is 3.24. The molecule has 0 aromatic carbocycles. The Kier molecular flexibility index (Phi) is 3.15. The van der Waals surface area contributed by atoms with Crippen LogP contribution < -0.4 is 4.90 Å². The topological polar surface area (TPSA) is 79.1 Å². The largest absolute Gasteiger partial charge is 0.469 e. The number of carbonyl (C=O) groups excluding carboxylic acids is 1. The van der Waals surface area contributed by atoms with Crippen LogP contribution >= 0.6 is 0 Å². The number of aromatic nitrogens is 2. The van der Waals surface area contributed by atoms with E-state index in [4.69, 9.17) is 10.00 Å². The fraction of sp³-hybridized carbons (Fsp3) is 0.500. The Morgan fingerprint density at radius 3 is 2.94 bits per heavy atom. The van der Waals surface area contributed by atoms with Crippen LogP contribution in [0.1, 0.15) is 19.0 Å². The molecule has 0 N–H and O–H groups in total. The smallest absolute Gasteiger partial charge is 0.313 e. The lowest BCUT2D eigenvalue weighted by Gasteiger charge is -2.22. The normalized spacial score (nSPS) is 22.6. The molecule has 18 heavy (non-hydrogen) atoms. The number of hydrogen-bond donors (Lipinski definition) is 0. The molecule has 0 aliphatic carbocycles. The number of carbonyl (C=O) groups is 1. The van der Waals surface area contributed by atoms with E-state index in [1.165, 1.54) is 13.3 Å². The number of nitrogens with zero attached hydrogens (tertiary/aromatic N) is 4. The van der Waals surface area contributed by atoms with E-state index in [-0.39, 0.29) is 11.7 Å². The monoisotopic (exact) mass is 246 g/mol. The molecule has 1 fully saturated rings. The first-order chi connectivity index (χ1) is 8.60. The van der Waals surface area contributed by atoms with Crippen LogP contribution in [0.3, 0.4) is 0 Å². The Labute approximate surface area is 105 Å². The Hall–Kier alpha value is -2.16. The molecule has 2 heterocycles. The molecule has 94 valence electrons. The van der Waals surface area contributed by atoms with E-state index in [0.717, 1.165) is 0 Å². The Morgan fingerprint density at radius 1 is 1.56 bits per heavy atom. The van der Waals surface area contributed by atoms with Crippen LogP contribution in [-0.4, -0.2) is 36.1 Å². The maximum Gasteiger partial charge on any atom is 0.313 e. The Bertz CT molecular complexity index is 511. The summed E-state index contributed by atoms with van der Waals surface area (Å²) < 4.78 is 4.81. The van der Waals surface area contributed by atoms with Gasteiger partial charge < -0.3 is 9.64 Å². The van der Waals surface area contributed by atoms with Crippen molar-refractivity contribution >= 4 is 11.8 Å². The number of ether oxygens (including phenoxy) is 1. The molecule has 2 rings (SSSR count). The number of methoxy groups -OCH3 is 1. The van der Waals surface area contributed by atoms with E-state index in [1.54, 1.807) is 6.20 Å². The minimum atomic E-state index is -0.543. The lowest BCUT2D eigenvalue weighted by atomic mass is 9.90. The van der Waals surface area contributed by atoms with Crippen molar-refractivity contribution in [2.75, 3.05) is 25.1 Å². The Morgan fingerprint density at radius 2 is 2.28 bits per heavy atom. The summed E-state index contributed by atoms with van der Waals surface area (Å²) in [6.07, 6.45) is 3.71. The molecule has 0 bridgehead atoms. The highest BCUT2D eigenvalue weighted by molar-refractivity contribution is 5.78. The zero-order chi connectivity index (χ0) is 13.2. The average molecular weight is 246 g/mol. The van der Waals surface area contributed by atoms with Crippen LogP contribution in [0.5, 0.6) is 0 Å². The molecule has 1 saturated heterocycles. The molecular formula is C12H14N4O2. The summed E-state index contributed by atoms with van der Waals surface area (Å²) in [4.78, 5) is 21.8. The van der Waals surface area contributed by atoms with Crippen LogP contribution in [-0.2, 0) is 9.53 Å². The molecular weight excluding hydrogens is 232 g/mol. The first-order valence-corrected chi connectivity index (χ1v) is 5.65. The average Bonchev–Trinajstić information content (AvgIpc) is 2.81. The molecule has 0 amide bonds. The minimum absolute atomic E-state index is 0.229. The van der Waals surface area contributed by atoms with Crippen LogP contribution in [0.2, 0.25) is 0 Å². The number of hydrogen-bond acceptors (Lipinski definition) is 6. The van der Waals surface area contributed by atoms with Gasteiger partial charge in [-0.1, -0.05) is 0 Å². The minimum Gasteiger partial charge on any atom is -0.469 e. The van der Waals surface area contributed by atoms with Gasteiger partial charge in [0, 0.05) is 25.5 Å². The summed E-state index contributed by atoms with van der Waals surface area (Å²) in [7, 11) is 1.39. The summed E-state index contributed by atoms with van der Waals surface area (Å²) in [5, 5.41) is 8.99. The molecule has 1 aliphatic rings. The number of rotatable bonds is 2. The van der Waals surface area contributed by atoms with E-state index in [9.17, 15) is 4.79 Å². The lowest BCUT2D eigenvalue weighted by Crippen LogP contribution is -2.33. The quantitative estimate of drug-likeness (QED) is 0.716. The predicted molar refractivity (Wildman–Crippen MR) is 63.7 cm³/mol. The van der Waals surface area contributed by atoms with E-state index in [0.29, 0.717) is 25.3 Å². The van der Waals surface area contributed by atoms with Gasteiger partial charge in [-0.2, -0.15) is 5.26 Å². The van der Waals surface area contributed by atoms with Crippen molar-refractivity contribution in [2.24, 2.45) is 5.41 Å². The maximum atomic E-state index is 11.7. The summed E-state index contributed by atoms with van der Waals surface area (Å²) in [5.41, 5.74) is -0.259. The van der Waals surface area contributed by atoms with Crippen LogP contribution in [0, 0.1) is 16.7 Å². The second-order valence-corrected chi connectivity index (χ2v) is 4.56. The van der Waals surface area contributed by atoms with E-state index < -0.39 is 5.41 Å². The molecule has 1 unspecified atom stereocenters. The summed E-state index contributed by atoms with van der Waals surface area (Å²) in [6.45, 7) is 3.02. The zero-order valence-electron chi connectivity index (χ0n) is 10.4. The van der Waals surface area contributed by atoms with Crippen molar-refractivity contribution in [1.82, 2.24) is 9.97 Å². The van der Waals surface area contributed by atoms with Crippen LogP contribution in [0.15, 0.2) is 12.4 Å². The molecule has 6 heteroatoms. The van der Waals surface area contributed by atoms with Crippen molar-refractivity contribution < 1.29 is 9.53 Å². The molecule has 1 aromatic heterocycles. The second kappa shape index (κ2) is 4.61. The summed E-state index contributed by atoms with van der Waals surface area (Å²) >= 11 is 0. The third-order valence-corrected chi connectivity index (χ3v) is 3.24. The first-order valence-electron chi connectivity index (χ1n) is 5.65. The first kappa shape index (κ1) is 12.3. The van der Waals surface area contributed by atoms with Gasteiger partial charge in [0.05, 0.1) is 12.5 Å². The molecule has 0 saturated carbocycles. The highest BCUT2D eigenvalue weighted by Gasteiger charge is 2.42. The van der Waals surface area contributed by atoms with Crippen molar-refractivity contribution in [3.8, 4) is 6.07 Å². The van der Waals surface area contributed by atoms with Crippen LogP contribution in [0.4, 0.5) is 5.82 Å². The zero-order valence-corrected chi connectivity index (χ0v) is 10.4. The molecule has 0 spiro atoms. The fourth-order valence-electron chi connectivity index (χ4n) is 2.20. The van der Waals surface area contributed by atoms with Gasteiger partial charge in [-0.25, -0.2) is 9.97 Å². The number of esters is 1. The Balaban J connectivity index is 2.24. The van der Waals surface area contributed by atoms with Gasteiger partial charge in [0.1, 0.15) is 6.07 Å². The van der Waals surface area contributed by atoms with Crippen molar-refractivity contribution in [3.63, 3.8) is 0 Å². The molecule has 1 atom stereocenters. The predicted octanol–water partition coefficient (Wildman–Crippen LogP) is 0.738. The fourth-order valence-corrected chi connectivity index (χ4v) is 2.20. The van der Waals surface area contributed by atoms with E-state index in [2.05, 4.69) is 9.97 Å². The van der Waals surface area contributed by atoms with Crippen molar-refractivity contribution in [3.05, 3.63) is 18.1 Å². The number of anilines is 1. The van der Waals surface area contributed by atoms with Gasteiger partial charge in [-0.15, -0.1) is 0 Å². The second-order valence-electron chi connectivity index (χ2n) is 4.56. The molecule has 1 aromatic rings.